The third-order valence-corrected chi connectivity index (χ3v) is 2.12. The predicted molar refractivity (Wildman–Crippen MR) is 57.5 cm³/mol. The highest BCUT2D eigenvalue weighted by Gasteiger charge is 2.01. The fraction of sp³-hybridized carbons (Fsp3) is 0.182. The highest BCUT2D eigenvalue weighted by molar-refractivity contribution is 5.93. The molecule has 2 N–H and O–H groups in total. The van der Waals surface area contributed by atoms with Crippen LogP contribution in [0.4, 0.5) is 5.69 Å². The molecule has 3 heteroatoms. The van der Waals surface area contributed by atoms with Gasteiger partial charge in [-0.3, -0.25) is 4.79 Å². The molecule has 1 aromatic heterocycles. The molecule has 0 amide bonds. The Bertz CT molecular complexity index is 459. The lowest BCUT2D eigenvalue weighted by atomic mass is 10.2. The van der Waals surface area contributed by atoms with E-state index in [0.717, 1.165) is 16.6 Å². The van der Waals surface area contributed by atoms with E-state index in [1.165, 1.54) is 0 Å². The number of aromatic amines is 1. The standard InChI is InChI=1S/C11H12N2O/c1-8(14)6-12-11-7-13-10-5-3-2-4-9(10)11/h2-5,7,12-13H,6H2,1H3. The van der Waals surface area contributed by atoms with Crippen molar-refractivity contribution in [1.82, 2.24) is 4.98 Å². The summed E-state index contributed by atoms with van der Waals surface area (Å²) in [6.45, 7) is 1.95. The average Bonchev–Trinajstić information content (AvgIpc) is 2.58. The van der Waals surface area contributed by atoms with Crippen LogP contribution in [0.15, 0.2) is 30.5 Å². The smallest absolute Gasteiger partial charge is 0.148 e. The van der Waals surface area contributed by atoms with E-state index in [1.807, 2.05) is 30.5 Å². The van der Waals surface area contributed by atoms with E-state index in [9.17, 15) is 4.79 Å². The van der Waals surface area contributed by atoms with Crippen molar-refractivity contribution in [2.45, 2.75) is 6.92 Å². The minimum Gasteiger partial charge on any atom is -0.376 e. The van der Waals surface area contributed by atoms with Crippen LogP contribution in [0.1, 0.15) is 6.92 Å². The fourth-order valence-electron chi connectivity index (χ4n) is 1.44. The number of para-hydroxylation sites is 1. The van der Waals surface area contributed by atoms with Crippen molar-refractivity contribution in [3.8, 4) is 0 Å². The van der Waals surface area contributed by atoms with Gasteiger partial charge < -0.3 is 10.3 Å². The predicted octanol–water partition coefficient (Wildman–Crippen LogP) is 2.17. The van der Waals surface area contributed by atoms with E-state index < -0.39 is 0 Å². The number of aromatic nitrogens is 1. The maximum Gasteiger partial charge on any atom is 0.148 e. The van der Waals surface area contributed by atoms with Gasteiger partial charge >= 0.3 is 0 Å². The van der Waals surface area contributed by atoms with Gasteiger partial charge in [0.25, 0.3) is 0 Å². The second-order valence-corrected chi connectivity index (χ2v) is 3.30. The molecule has 0 bridgehead atoms. The summed E-state index contributed by atoms with van der Waals surface area (Å²) in [6.07, 6.45) is 1.88. The van der Waals surface area contributed by atoms with E-state index in [2.05, 4.69) is 10.3 Å². The van der Waals surface area contributed by atoms with Crippen molar-refractivity contribution in [1.29, 1.82) is 0 Å². The molecule has 0 saturated carbocycles. The minimum absolute atomic E-state index is 0.135. The molecular formula is C11H12N2O. The third-order valence-electron chi connectivity index (χ3n) is 2.12. The maximum absolute atomic E-state index is 10.8. The fourth-order valence-corrected chi connectivity index (χ4v) is 1.44. The Morgan fingerprint density at radius 3 is 3.00 bits per heavy atom. The van der Waals surface area contributed by atoms with Gasteiger partial charge in [0.15, 0.2) is 0 Å². The number of ketones is 1. The number of carbonyl (C=O) groups excluding carboxylic acids is 1. The molecule has 0 atom stereocenters. The number of fused-ring (bicyclic) bond motifs is 1. The summed E-state index contributed by atoms with van der Waals surface area (Å²) >= 11 is 0. The number of hydrogen-bond acceptors (Lipinski definition) is 2. The molecule has 0 unspecified atom stereocenters. The number of nitrogens with one attached hydrogen (secondary N) is 2. The zero-order valence-electron chi connectivity index (χ0n) is 8.00. The van der Waals surface area contributed by atoms with E-state index >= 15 is 0 Å². The lowest BCUT2D eigenvalue weighted by Crippen LogP contribution is -2.09. The number of anilines is 1. The number of Topliss-reactive ketones (excluding diaryl/α,β-unsaturated/α-hetero) is 1. The largest absolute Gasteiger partial charge is 0.376 e. The van der Waals surface area contributed by atoms with Crippen LogP contribution >= 0.6 is 0 Å². The van der Waals surface area contributed by atoms with Gasteiger partial charge in [-0.05, 0) is 13.0 Å². The third kappa shape index (κ3) is 1.62. The first-order valence-corrected chi connectivity index (χ1v) is 4.57. The SMILES string of the molecule is CC(=O)CNc1c[nH]c2ccccc12. The maximum atomic E-state index is 10.8. The Kier molecular flexibility index (Phi) is 2.23. The van der Waals surface area contributed by atoms with Crippen molar-refractivity contribution in [2.75, 3.05) is 11.9 Å². The first kappa shape index (κ1) is 8.81. The second kappa shape index (κ2) is 3.54. The van der Waals surface area contributed by atoms with Crippen LogP contribution < -0.4 is 5.32 Å². The summed E-state index contributed by atoms with van der Waals surface area (Å²) < 4.78 is 0. The summed E-state index contributed by atoms with van der Waals surface area (Å²) in [4.78, 5) is 13.9. The van der Waals surface area contributed by atoms with Crippen LogP contribution in [-0.2, 0) is 4.79 Å². The molecule has 0 aliphatic heterocycles. The minimum atomic E-state index is 0.135. The van der Waals surface area contributed by atoms with Crippen LogP contribution in [0.25, 0.3) is 10.9 Å². The van der Waals surface area contributed by atoms with Crippen LogP contribution in [0.5, 0.6) is 0 Å². The van der Waals surface area contributed by atoms with Crippen molar-refractivity contribution < 1.29 is 4.79 Å². The van der Waals surface area contributed by atoms with Crippen molar-refractivity contribution in [2.24, 2.45) is 0 Å². The molecule has 3 nitrogen and oxygen atoms in total. The highest BCUT2D eigenvalue weighted by atomic mass is 16.1. The van der Waals surface area contributed by atoms with Gasteiger partial charge in [0.1, 0.15) is 5.78 Å². The molecule has 0 radical (unpaired) electrons. The second-order valence-electron chi connectivity index (χ2n) is 3.30. The van der Waals surface area contributed by atoms with Crippen LogP contribution in [-0.4, -0.2) is 17.3 Å². The van der Waals surface area contributed by atoms with Crippen LogP contribution in [0, 0.1) is 0 Å². The molecule has 72 valence electrons. The Morgan fingerprint density at radius 1 is 1.43 bits per heavy atom. The summed E-state index contributed by atoms with van der Waals surface area (Å²) in [5.74, 6) is 0.135. The molecular weight excluding hydrogens is 176 g/mol. The molecule has 0 saturated heterocycles. The van der Waals surface area contributed by atoms with Crippen LogP contribution in [0.3, 0.4) is 0 Å². The van der Waals surface area contributed by atoms with Gasteiger partial charge in [-0.1, -0.05) is 18.2 Å². The van der Waals surface area contributed by atoms with Gasteiger partial charge in [-0.2, -0.15) is 0 Å². The lowest BCUT2D eigenvalue weighted by Gasteiger charge is -2.00. The number of rotatable bonds is 3. The van der Waals surface area contributed by atoms with Gasteiger partial charge in [0.2, 0.25) is 0 Å². The summed E-state index contributed by atoms with van der Waals surface area (Å²) in [5.41, 5.74) is 2.06. The van der Waals surface area contributed by atoms with E-state index in [0.29, 0.717) is 6.54 Å². The molecule has 0 spiro atoms. The topological polar surface area (TPSA) is 44.9 Å². The van der Waals surface area contributed by atoms with Gasteiger partial charge in [-0.25, -0.2) is 0 Å². The Hall–Kier alpha value is -1.77. The Morgan fingerprint density at radius 2 is 2.21 bits per heavy atom. The molecule has 0 aliphatic carbocycles. The molecule has 1 aromatic carbocycles. The molecule has 14 heavy (non-hydrogen) atoms. The number of carbonyl (C=O) groups is 1. The zero-order valence-corrected chi connectivity index (χ0v) is 8.00. The first-order chi connectivity index (χ1) is 6.77. The highest BCUT2D eigenvalue weighted by Crippen LogP contribution is 2.21. The number of benzene rings is 1. The lowest BCUT2D eigenvalue weighted by molar-refractivity contribution is -0.115. The van der Waals surface area contributed by atoms with Gasteiger partial charge in [0.05, 0.1) is 12.2 Å². The number of hydrogen-bond donors (Lipinski definition) is 2. The Balaban J connectivity index is 2.29. The average molecular weight is 188 g/mol. The van der Waals surface area contributed by atoms with Crippen molar-refractivity contribution >= 4 is 22.4 Å². The van der Waals surface area contributed by atoms with Crippen molar-refractivity contribution in [3.05, 3.63) is 30.5 Å². The normalized spacial score (nSPS) is 10.4. The quantitative estimate of drug-likeness (QED) is 0.775. The molecule has 2 rings (SSSR count). The van der Waals surface area contributed by atoms with E-state index in [1.54, 1.807) is 6.92 Å². The first-order valence-electron chi connectivity index (χ1n) is 4.57. The van der Waals surface area contributed by atoms with E-state index in [4.69, 9.17) is 0 Å². The summed E-state index contributed by atoms with van der Waals surface area (Å²) in [6, 6.07) is 7.99. The molecule has 2 aromatic rings. The monoisotopic (exact) mass is 188 g/mol. The van der Waals surface area contributed by atoms with Gasteiger partial charge in [0, 0.05) is 17.1 Å². The molecule has 0 aliphatic rings. The Labute approximate surface area is 82.1 Å². The molecule has 0 fully saturated rings. The van der Waals surface area contributed by atoms with Gasteiger partial charge in [-0.15, -0.1) is 0 Å². The number of H-pyrrole nitrogens is 1. The van der Waals surface area contributed by atoms with Crippen molar-refractivity contribution in [3.63, 3.8) is 0 Å². The zero-order chi connectivity index (χ0) is 9.97. The van der Waals surface area contributed by atoms with E-state index in [-0.39, 0.29) is 5.78 Å². The summed E-state index contributed by atoms with van der Waals surface area (Å²) in [5, 5.41) is 4.21. The van der Waals surface area contributed by atoms with Crippen LogP contribution in [0.2, 0.25) is 0 Å². The summed E-state index contributed by atoms with van der Waals surface area (Å²) in [7, 11) is 0. The molecule has 1 heterocycles.